The molecule has 1 aliphatic carbocycles. The number of hydrogen-bond donors (Lipinski definition) is 1. The molecule has 20 heavy (non-hydrogen) atoms. The molecule has 4 nitrogen and oxygen atoms in total. The average Bonchev–Trinajstić information content (AvgIpc) is 2.75. The van der Waals surface area contributed by atoms with E-state index in [1.807, 2.05) is 19.1 Å². The van der Waals surface area contributed by atoms with Crippen molar-refractivity contribution in [3.8, 4) is 5.88 Å². The van der Waals surface area contributed by atoms with Crippen LogP contribution in [0.1, 0.15) is 23.0 Å². The van der Waals surface area contributed by atoms with Gasteiger partial charge in [0.15, 0.2) is 0 Å². The van der Waals surface area contributed by atoms with E-state index in [-0.39, 0.29) is 11.4 Å². The number of aromatic nitrogens is 2. The summed E-state index contributed by atoms with van der Waals surface area (Å²) in [5.41, 5.74) is 2.53. The van der Waals surface area contributed by atoms with Crippen LogP contribution in [0.2, 0.25) is 0 Å². The molecule has 3 rings (SSSR count). The molecule has 0 saturated heterocycles. The van der Waals surface area contributed by atoms with Crippen LogP contribution < -0.4 is 10.1 Å². The Morgan fingerprint density at radius 2 is 2.10 bits per heavy atom. The minimum Gasteiger partial charge on any atom is -0.481 e. The summed E-state index contributed by atoms with van der Waals surface area (Å²) in [6.07, 6.45) is 0.872. The number of anilines is 1. The van der Waals surface area contributed by atoms with Gasteiger partial charge in [0.1, 0.15) is 11.6 Å². The van der Waals surface area contributed by atoms with Crippen molar-refractivity contribution in [2.24, 2.45) is 0 Å². The van der Waals surface area contributed by atoms with E-state index in [1.54, 1.807) is 13.2 Å². The van der Waals surface area contributed by atoms with Gasteiger partial charge in [-0.2, -0.15) is 4.98 Å². The molecule has 2 aromatic rings. The van der Waals surface area contributed by atoms with Gasteiger partial charge >= 0.3 is 0 Å². The van der Waals surface area contributed by atoms with E-state index in [4.69, 9.17) is 16.3 Å². The van der Waals surface area contributed by atoms with Crippen LogP contribution in [0.5, 0.6) is 5.88 Å². The highest BCUT2D eigenvalue weighted by atomic mass is 35.5. The highest BCUT2D eigenvalue weighted by molar-refractivity contribution is 6.21. The van der Waals surface area contributed by atoms with Crippen LogP contribution in [0.4, 0.5) is 5.82 Å². The van der Waals surface area contributed by atoms with Crippen molar-refractivity contribution in [2.75, 3.05) is 12.4 Å². The van der Waals surface area contributed by atoms with Crippen molar-refractivity contribution in [3.63, 3.8) is 0 Å². The van der Waals surface area contributed by atoms with Crippen molar-refractivity contribution in [3.05, 3.63) is 47.3 Å². The summed E-state index contributed by atoms with van der Waals surface area (Å²) >= 11 is 6.47. The fraction of sp³-hybridized carbons (Fsp3) is 0.333. The lowest BCUT2D eigenvalue weighted by molar-refractivity contribution is 0.396. The average molecular weight is 290 g/mol. The number of rotatable bonds is 3. The Hall–Kier alpha value is -1.81. The highest BCUT2D eigenvalue weighted by Crippen LogP contribution is 2.37. The summed E-state index contributed by atoms with van der Waals surface area (Å²) in [5.74, 6) is 1.96. The predicted octanol–water partition coefficient (Wildman–Crippen LogP) is 3.11. The van der Waals surface area contributed by atoms with Crippen LogP contribution >= 0.6 is 11.6 Å². The van der Waals surface area contributed by atoms with Crippen LogP contribution in [0.3, 0.4) is 0 Å². The third kappa shape index (κ3) is 2.43. The molecule has 0 bridgehead atoms. The maximum Gasteiger partial charge on any atom is 0.218 e. The molecule has 0 saturated carbocycles. The first kappa shape index (κ1) is 13.2. The van der Waals surface area contributed by atoms with Gasteiger partial charge in [-0.05, 0) is 24.5 Å². The second-order valence-electron chi connectivity index (χ2n) is 4.88. The molecule has 1 N–H and O–H groups in total. The predicted molar refractivity (Wildman–Crippen MR) is 79.5 cm³/mol. The Kier molecular flexibility index (Phi) is 3.49. The van der Waals surface area contributed by atoms with E-state index in [9.17, 15) is 0 Å². The Balaban J connectivity index is 1.90. The first-order valence-corrected chi connectivity index (χ1v) is 6.99. The Morgan fingerprint density at radius 3 is 2.90 bits per heavy atom. The van der Waals surface area contributed by atoms with Gasteiger partial charge in [0.25, 0.3) is 0 Å². The molecule has 1 aromatic heterocycles. The standard InChI is InChI=1S/C15H16ClN3O/c1-9-17-13(8-14(18-9)20-2)19-15-11-6-4-3-5-10(11)7-12(15)16/h3-6,8,12,15H,7H2,1-2H3,(H,17,18,19). The van der Waals surface area contributed by atoms with Crippen molar-refractivity contribution >= 4 is 17.4 Å². The molecule has 1 aliphatic rings. The van der Waals surface area contributed by atoms with Gasteiger partial charge in [0, 0.05) is 6.07 Å². The Morgan fingerprint density at radius 1 is 1.30 bits per heavy atom. The molecule has 0 amide bonds. The number of methoxy groups -OCH3 is 1. The van der Waals surface area contributed by atoms with Gasteiger partial charge in [-0.15, -0.1) is 11.6 Å². The molecule has 104 valence electrons. The number of ether oxygens (including phenoxy) is 1. The quantitative estimate of drug-likeness (QED) is 0.882. The number of fused-ring (bicyclic) bond motifs is 1. The van der Waals surface area contributed by atoms with Gasteiger partial charge in [0.05, 0.1) is 18.5 Å². The summed E-state index contributed by atoms with van der Waals surface area (Å²) in [4.78, 5) is 8.58. The van der Waals surface area contributed by atoms with Crippen LogP contribution in [0.15, 0.2) is 30.3 Å². The van der Waals surface area contributed by atoms with Gasteiger partial charge < -0.3 is 10.1 Å². The zero-order valence-electron chi connectivity index (χ0n) is 11.4. The number of nitrogens with one attached hydrogen (secondary N) is 1. The van der Waals surface area contributed by atoms with Crippen LogP contribution in [-0.2, 0) is 6.42 Å². The first-order valence-electron chi connectivity index (χ1n) is 6.55. The number of halogens is 1. The number of alkyl halides is 1. The summed E-state index contributed by atoms with van der Waals surface area (Å²) in [6, 6.07) is 10.2. The summed E-state index contributed by atoms with van der Waals surface area (Å²) in [5, 5.41) is 3.42. The van der Waals surface area contributed by atoms with E-state index < -0.39 is 0 Å². The lowest BCUT2D eigenvalue weighted by atomic mass is 10.1. The second-order valence-corrected chi connectivity index (χ2v) is 5.44. The molecule has 0 aliphatic heterocycles. The van der Waals surface area contributed by atoms with Crippen LogP contribution in [-0.4, -0.2) is 22.5 Å². The molecule has 2 atom stereocenters. The zero-order chi connectivity index (χ0) is 14.1. The van der Waals surface area contributed by atoms with Crippen molar-refractivity contribution in [1.29, 1.82) is 0 Å². The monoisotopic (exact) mass is 289 g/mol. The third-order valence-corrected chi connectivity index (χ3v) is 3.90. The molecule has 5 heteroatoms. The van der Waals surface area contributed by atoms with Gasteiger partial charge in [0.2, 0.25) is 5.88 Å². The maximum atomic E-state index is 6.47. The lowest BCUT2D eigenvalue weighted by Gasteiger charge is -2.18. The van der Waals surface area contributed by atoms with E-state index in [1.165, 1.54) is 11.1 Å². The fourth-order valence-electron chi connectivity index (χ4n) is 2.59. The number of hydrogen-bond acceptors (Lipinski definition) is 4. The summed E-state index contributed by atoms with van der Waals surface area (Å²) < 4.78 is 5.17. The largest absolute Gasteiger partial charge is 0.481 e. The molecule has 0 spiro atoms. The number of aryl methyl sites for hydroxylation is 1. The van der Waals surface area contributed by atoms with E-state index in [0.29, 0.717) is 11.7 Å². The molecule has 0 radical (unpaired) electrons. The van der Waals surface area contributed by atoms with Crippen molar-refractivity contribution in [1.82, 2.24) is 9.97 Å². The SMILES string of the molecule is COc1cc(NC2c3ccccc3CC2Cl)nc(C)n1. The first-order chi connectivity index (χ1) is 9.67. The van der Waals surface area contributed by atoms with E-state index in [2.05, 4.69) is 27.4 Å². The second kappa shape index (κ2) is 5.29. The third-order valence-electron chi connectivity index (χ3n) is 3.49. The number of benzene rings is 1. The number of nitrogens with zero attached hydrogens (tertiary/aromatic N) is 2. The molecule has 0 fully saturated rings. The fourth-order valence-corrected chi connectivity index (χ4v) is 2.96. The Bertz CT molecular complexity index is 632. The lowest BCUT2D eigenvalue weighted by Crippen LogP contribution is -2.18. The van der Waals surface area contributed by atoms with Gasteiger partial charge in [-0.25, -0.2) is 4.98 Å². The highest BCUT2D eigenvalue weighted by Gasteiger charge is 2.31. The topological polar surface area (TPSA) is 47.0 Å². The van der Waals surface area contributed by atoms with E-state index in [0.717, 1.165) is 12.2 Å². The van der Waals surface area contributed by atoms with Crippen LogP contribution in [0.25, 0.3) is 0 Å². The summed E-state index contributed by atoms with van der Waals surface area (Å²) in [6.45, 7) is 1.84. The molecular formula is C15H16ClN3O. The zero-order valence-corrected chi connectivity index (χ0v) is 12.2. The molecule has 1 aromatic carbocycles. The minimum absolute atomic E-state index is 0.0219. The Labute approximate surface area is 123 Å². The van der Waals surface area contributed by atoms with Crippen molar-refractivity contribution < 1.29 is 4.74 Å². The van der Waals surface area contributed by atoms with Gasteiger partial charge in [-0.1, -0.05) is 24.3 Å². The summed E-state index contributed by atoms with van der Waals surface area (Å²) in [7, 11) is 1.60. The van der Waals surface area contributed by atoms with Gasteiger partial charge in [-0.3, -0.25) is 0 Å². The molecular weight excluding hydrogens is 274 g/mol. The maximum absolute atomic E-state index is 6.47. The smallest absolute Gasteiger partial charge is 0.218 e. The molecule has 1 heterocycles. The van der Waals surface area contributed by atoms with E-state index >= 15 is 0 Å². The minimum atomic E-state index is 0.0219. The molecule has 2 unspecified atom stereocenters. The normalized spacial score (nSPS) is 20.6. The van der Waals surface area contributed by atoms with Crippen LogP contribution in [0, 0.1) is 6.92 Å². The van der Waals surface area contributed by atoms with Crippen molar-refractivity contribution in [2.45, 2.75) is 24.8 Å².